The molecule has 1 saturated carbocycles. The van der Waals surface area contributed by atoms with Gasteiger partial charge in [-0.25, -0.2) is 9.97 Å². The standard InChI is InChI=1S/C15H20ClN7/c1-23-7-13(19-8-23)21-15-18-6-12(16)14(22-15)20-11-2-9-4-17-5-10(9)3-11/h6-11,17H,2-5H2,1H3,(H2,18,20,21,22). The quantitative estimate of drug-likeness (QED) is 0.794. The Hall–Kier alpha value is -1.86. The lowest BCUT2D eigenvalue weighted by Crippen LogP contribution is -2.21. The van der Waals surface area contributed by atoms with Gasteiger partial charge in [0.1, 0.15) is 5.02 Å². The number of anilines is 3. The van der Waals surface area contributed by atoms with E-state index in [4.69, 9.17) is 11.6 Å². The molecule has 23 heavy (non-hydrogen) atoms. The van der Waals surface area contributed by atoms with Crippen molar-refractivity contribution in [2.24, 2.45) is 18.9 Å². The highest BCUT2D eigenvalue weighted by Gasteiger charge is 2.37. The second-order valence-corrected chi connectivity index (χ2v) is 6.84. The van der Waals surface area contributed by atoms with Crippen molar-refractivity contribution in [1.29, 1.82) is 0 Å². The zero-order chi connectivity index (χ0) is 15.8. The number of aryl methyl sites for hydroxylation is 1. The molecule has 2 aromatic rings. The van der Waals surface area contributed by atoms with Crippen molar-refractivity contribution in [3.8, 4) is 0 Å². The predicted octanol–water partition coefficient (Wildman–Crippen LogP) is 2.02. The molecule has 1 aliphatic heterocycles. The van der Waals surface area contributed by atoms with Gasteiger partial charge in [-0.1, -0.05) is 11.6 Å². The van der Waals surface area contributed by atoms with E-state index in [1.54, 1.807) is 12.5 Å². The van der Waals surface area contributed by atoms with Crippen molar-refractivity contribution >= 4 is 29.2 Å². The molecule has 3 heterocycles. The van der Waals surface area contributed by atoms with Crippen LogP contribution in [-0.4, -0.2) is 38.7 Å². The maximum Gasteiger partial charge on any atom is 0.230 e. The van der Waals surface area contributed by atoms with Gasteiger partial charge >= 0.3 is 0 Å². The SMILES string of the molecule is Cn1cnc(Nc2ncc(Cl)c(NC3CC4CNCC4C3)n2)c1. The van der Waals surface area contributed by atoms with Crippen molar-refractivity contribution < 1.29 is 0 Å². The van der Waals surface area contributed by atoms with E-state index in [0.29, 0.717) is 28.6 Å². The lowest BCUT2D eigenvalue weighted by atomic mass is 10.0. The number of rotatable bonds is 4. The van der Waals surface area contributed by atoms with Crippen molar-refractivity contribution in [2.45, 2.75) is 18.9 Å². The minimum absolute atomic E-state index is 0.433. The smallest absolute Gasteiger partial charge is 0.230 e. The van der Waals surface area contributed by atoms with Gasteiger partial charge in [0.05, 0.1) is 12.5 Å². The van der Waals surface area contributed by atoms with Gasteiger partial charge in [0.15, 0.2) is 11.6 Å². The van der Waals surface area contributed by atoms with Crippen LogP contribution in [0.15, 0.2) is 18.7 Å². The molecule has 0 amide bonds. The van der Waals surface area contributed by atoms with Crippen LogP contribution in [0.5, 0.6) is 0 Å². The molecule has 7 nitrogen and oxygen atoms in total. The third kappa shape index (κ3) is 3.11. The summed E-state index contributed by atoms with van der Waals surface area (Å²) in [7, 11) is 1.92. The number of halogens is 1. The summed E-state index contributed by atoms with van der Waals surface area (Å²) in [6.07, 6.45) is 7.56. The molecule has 1 saturated heterocycles. The first-order chi connectivity index (χ1) is 11.2. The molecule has 0 radical (unpaired) electrons. The zero-order valence-electron chi connectivity index (χ0n) is 13.0. The van der Waals surface area contributed by atoms with E-state index in [-0.39, 0.29) is 0 Å². The molecule has 122 valence electrons. The van der Waals surface area contributed by atoms with Crippen LogP contribution >= 0.6 is 11.6 Å². The van der Waals surface area contributed by atoms with E-state index in [0.717, 1.165) is 24.9 Å². The first kappa shape index (κ1) is 14.7. The van der Waals surface area contributed by atoms with Gasteiger partial charge in [-0.2, -0.15) is 4.98 Å². The van der Waals surface area contributed by atoms with E-state index >= 15 is 0 Å². The average molecular weight is 334 g/mol. The van der Waals surface area contributed by atoms with Gasteiger partial charge in [0.25, 0.3) is 0 Å². The molecule has 0 aromatic carbocycles. The molecule has 0 bridgehead atoms. The maximum absolute atomic E-state index is 6.26. The van der Waals surface area contributed by atoms with Crippen LogP contribution in [0.25, 0.3) is 0 Å². The third-order valence-corrected chi connectivity index (χ3v) is 4.96. The molecule has 2 atom stereocenters. The topological polar surface area (TPSA) is 79.7 Å². The Balaban J connectivity index is 1.46. The maximum atomic E-state index is 6.26. The summed E-state index contributed by atoms with van der Waals surface area (Å²) in [6.45, 7) is 2.26. The Morgan fingerprint density at radius 3 is 2.74 bits per heavy atom. The fraction of sp³-hybridized carbons (Fsp3) is 0.533. The number of nitrogens with zero attached hydrogens (tertiary/aromatic N) is 4. The van der Waals surface area contributed by atoms with Crippen molar-refractivity contribution in [3.05, 3.63) is 23.7 Å². The molecule has 1 aliphatic carbocycles. The van der Waals surface area contributed by atoms with Crippen LogP contribution in [0, 0.1) is 11.8 Å². The predicted molar refractivity (Wildman–Crippen MR) is 90.0 cm³/mol. The van der Waals surface area contributed by atoms with E-state index in [9.17, 15) is 0 Å². The molecule has 2 fully saturated rings. The Morgan fingerprint density at radius 2 is 2.04 bits per heavy atom. The lowest BCUT2D eigenvalue weighted by molar-refractivity contribution is 0.494. The summed E-state index contributed by atoms with van der Waals surface area (Å²) in [6, 6.07) is 0.433. The zero-order valence-corrected chi connectivity index (χ0v) is 13.7. The minimum atomic E-state index is 0.433. The van der Waals surface area contributed by atoms with E-state index in [1.165, 1.54) is 12.8 Å². The number of nitrogens with one attached hydrogen (secondary N) is 3. The van der Waals surface area contributed by atoms with Crippen LogP contribution in [0.4, 0.5) is 17.6 Å². The number of hydrogen-bond donors (Lipinski definition) is 3. The fourth-order valence-corrected chi connectivity index (χ4v) is 3.74. The lowest BCUT2D eigenvalue weighted by Gasteiger charge is -2.16. The Morgan fingerprint density at radius 1 is 1.26 bits per heavy atom. The van der Waals surface area contributed by atoms with Crippen molar-refractivity contribution in [3.63, 3.8) is 0 Å². The highest BCUT2D eigenvalue weighted by Crippen LogP contribution is 2.36. The van der Waals surface area contributed by atoms with E-state index < -0.39 is 0 Å². The number of aromatic nitrogens is 4. The second-order valence-electron chi connectivity index (χ2n) is 6.43. The molecular formula is C15H20ClN7. The summed E-state index contributed by atoms with van der Waals surface area (Å²) in [4.78, 5) is 12.9. The highest BCUT2D eigenvalue weighted by molar-refractivity contribution is 6.32. The number of fused-ring (bicyclic) bond motifs is 1. The largest absolute Gasteiger partial charge is 0.366 e. The van der Waals surface area contributed by atoms with Gasteiger partial charge in [-0.15, -0.1) is 0 Å². The molecule has 2 aliphatic rings. The summed E-state index contributed by atoms with van der Waals surface area (Å²) in [5.74, 6) is 3.45. The van der Waals surface area contributed by atoms with Crippen molar-refractivity contribution in [2.75, 3.05) is 23.7 Å². The first-order valence-electron chi connectivity index (χ1n) is 7.92. The molecule has 3 N–H and O–H groups in total. The Bertz CT molecular complexity index is 689. The summed E-state index contributed by atoms with van der Waals surface area (Å²) >= 11 is 6.26. The Labute approximate surface area is 139 Å². The molecule has 2 unspecified atom stereocenters. The van der Waals surface area contributed by atoms with Crippen LogP contribution in [0.2, 0.25) is 5.02 Å². The van der Waals surface area contributed by atoms with Crippen LogP contribution < -0.4 is 16.0 Å². The minimum Gasteiger partial charge on any atom is -0.366 e. The van der Waals surface area contributed by atoms with Crippen LogP contribution in [0.1, 0.15) is 12.8 Å². The Kier molecular flexibility index (Phi) is 3.82. The van der Waals surface area contributed by atoms with Crippen molar-refractivity contribution in [1.82, 2.24) is 24.8 Å². The molecule has 2 aromatic heterocycles. The van der Waals surface area contributed by atoms with Gasteiger partial charge in [0.2, 0.25) is 5.95 Å². The van der Waals surface area contributed by atoms with E-state index in [2.05, 4.69) is 30.9 Å². The monoisotopic (exact) mass is 333 g/mol. The van der Waals surface area contributed by atoms with Crippen LogP contribution in [0.3, 0.4) is 0 Å². The summed E-state index contributed by atoms with van der Waals surface area (Å²) in [5, 5.41) is 10.6. The molecular weight excluding hydrogens is 314 g/mol. The first-order valence-corrected chi connectivity index (χ1v) is 8.30. The number of imidazole rings is 1. The molecule has 0 spiro atoms. The van der Waals surface area contributed by atoms with Gasteiger partial charge < -0.3 is 20.5 Å². The third-order valence-electron chi connectivity index (χ3n) is 4.68. The van der Waals surface area contributed by atoms with E-state index in [1.807, 2.05) is 17.8 Å². The van der Waals surface area contributed by atoms with Gasteiger partial charge in [0, 0.05) is 19.3 Å². The fourth-order valence-electron chi connectivity index (χ4n) is 3.60. The second kappa shape index (κ2) is 5.98. The molecule has 4 rings (SSSR count). The van der Waals surface area contributed by atoms with Gasteiger partial charge in [-0.3, -0.25) is 0 Å². The average Bonchev–Trinajstić information content (AvgIpc) is 3.19. The van der Waals surface area contributed by atoms with Crippen LogP contribution in [-0.2, 0) is 7.05 Å². The molecule has 8 heteroatoms. The normalized spacial score (nSPS) is 26.3. The highest BCUT2D eigenvalue weighted by atomic mass is 35.5. The van der Waals surface area contributed by atoms with Gasteiger partial charge in [-0.05, 0) is 37.8 Å². The summed E-state index contributed by atoms with van der Waals surface area (Å²) < 4.78 is 1.86. The summed E-state index contributed by atoms with van der Waals surface area (Å²) in [5.41, 5.74) is 0. The number of hydrogen-bond acceptors (Lipinski definition) is 6.